The standard InChI is InChI=1S/C14H25NO2/c1-16-13(10-3-4-10)12(15)11-5-8-17-14(9-11)6-2-7-14/h10-13H,2-9,15H2,1H3. The molecule has 1 heterocycles. The van der Waals surface area contributed by atoms with Gasteiger partial charge < -0.3 is 15.2 Å². The Balaban J connectivity index is 1.62. The van der Waals surface area contributed by atoms with Gasteiger partial charge in [-0.15, -0.1) is 0 Å². The van der Waals surface area contributed by atoms with Crippen molar-refractivity contribution in [1.29, 1.82) is 0 Å². The van der Waals surface area contributed by atoms with Gasteiger partial charge in [-0.25, -0.2) is 0 Å². The first-order valence-corrected chi connectivity index (χ1v) is 7.16. The fourth-order valence-electron chi connectivity index (χ4n) is 3.67. The molecular weight excluding hydrogens is 214 g/mol. The lowest BCUT2D eigenvalue weighted by Crippen LogP contribution is -2.52. The van der Waals surface area contributed by atoms with Gasteiger partial charge in [0, 0.05) is 19.8 Å². The highest BCUT2D eigenvalue weighted by Crippen LogP contribution is 2.46. The second-order valence-electron chi connectivity index (χ2n) is 6.25. The van der Waals surface area contributed by atoms with Crippen LogP contribution in [-0.4, -0.2) is 31.5 Å². The van der Waals surface area contributed by atoms with Gasteiger partial charge in [-0.3, -0.25) is 0 Å². The molecular formula is C14H25NO2. The summed E-state index contributed by atoms with van der Waals surface area (Å²) in [4.78, 5) is 0. The molecule has 0 amide bonds. The Morgan fingerprint density at radius 3 is 2.53 bits per heavy atom. The summed E-state index contributed by atoms with van der Waals surface area (Å²) >= 11 is 0. The Morgan fingerprint density at radius 2 is 2.00 bits per heavy atom. The molecule has 2 N–H and O–H groups in total. The van der Waals surface area contributed by atoms with Crippen LogP contribution in [0.4, 0.5) is 0 Å². The quantitative estimate of drug-likeness (QED) is 0.817. The lowest BCUT2D eigenvalue weighted by Gasteiger charge is -2.49. The second-order valence-corrected chi connectivity index (χ2v) is 6.25. The predicted octanol–water partition coefficient (Wildman–Crippen LogP) is 2.09. The minimum atomic E-state index is 0.211. The fraction of sp³-hybridized carbons (Fsp3) is 1.00. The van der Waals surface area contributed by atoms with Crippen molar-refractivity contribution in [2.24, 2.45) is 17.6 Å². The van der Waals surface area contributed by atoms with E-state index in [1.807, 2.05) is 7.11 Å². The number of ether oxygens (including phenoxy) is 2. The van der Waals surface area contributed by atoms with E-state index in [0.29, 0.717) is 5.92 Å². The van der Waals surface area contributed by atoms with Crippen LogP contribution in [0.2, 0.25) is 0 Å². The maximum Gasteiger partial charge on any atom is 0.0752 e. The van der Waals surface area contributed by atoms with E-state index < -0.39 is 0 Å². The summed E-state index contributed by atoms with van der Waals surface area (Å²) in [6.45, 7) is 0.902. The predicted molar refractivity (Wildman–Crippen MR) is 66.8 cm³/mol. The van der Waals surface area contributed by atoms with Crippen molar-refractivity contribution in [2.75, 3.05) is 13.7 Å². The van der Waals surface area contributed by atoms with Gasteiger partial charge in [0.2, 0.25) is 0 Å². The minimum absolute atomic E-state index is 0.211. The Bertz CT molecular complexity index is 273. The monoisotopic (exact) mass is 239 g/mol. The van der Waals surface area contributed by atoms with Gasteiger partial charge in [-0.05, 0) is 56.8 Å². The fourth-order valence-corrected chi connectivity index (χ4v) is 3.67. The van der Waals surface area contributed by atoms with Gasteiger partial charge in [0.15, 0.2) is 0 Å². The Hall–Kier alpha value is -0.120. The topological polar surface area (TPSA) is 44.5 Å². The molecule has 3 aliphatic rings. The highest BCUT2D eigenvalue weighted by atomic mass is 16.5. The van der Waals surface area contributed by atoms with E-state index in [0.717, 1.165) is 18.9 Å². The molecule has 0 aromatic carbocycles. The van der Waals surface area contributed by atoms with Crippen molar-refractivity contribution in [3.63, 3.8) is 0 Å². The maximum absolute atomic E-state index is 6.46. The van der Waals surface area contributed by atoms with Crippen LogP contribution in [-0.2, 0) is 9.47 Å². The van der Waals surface area contributed by atoms with Crippen LogP contribution in [0.5, 0.6) is 0 Å². The minimum Gasteiger partial charge on any atom is -0.380 e. The summed E-state index contributed by atoms with van der Waals surface area (Å²) in [7, 11) is 1.82. The molecule has 3 fully saturated rings. The number of nitrogens with two attached hydrogens (primary N) is 1. The van der Waals surface area contributed by atoms with Crippen LogP contribution in [0.1, 0.15) is 44.9 Å². The molecule has 1 saturated heterocycles. The van der Waals surface area contributed by atoms with Crippen LogP contribution in [0.25, 0.3) is 0 Å². The normalized spacial score (nSPS) is 35.3. The van der Waals surface area contributed by atoms with Crippen molar-refractivity contribution in [3.8, 4) is 0 Å². The molecule has 3 nitrogen and oxygen atoms in total. The summed E-state index contributed by atoms with van der Waals surface area (Å²) < 4.78 is 11.6. The molecule has 0 radical (unpaired) electrons. The van der Waals surface area contributed by atoms with Crippen LogP contribution in [0.15, 0.2) is 0 Å². The molecule has 2 saturated carbocycles. The highest BCUT2D eigenvalue weighted by Gasteiger charge is 2.46. The van der Waals surface area contributed by atoms with E-state index in [9.17, 15) is 0 Å². The van der Waals surface area contributed by atoms with E-state index in [1.165, 1.54) is 38.5 Å². The van der Waals surface area contributed by atoms with E-state index in [4.69, 9.17) is 15.2 Å². The molecule has 0 aromatic rings. The van der Waals surface area contributed by atoms with Crippen molar-refractivity contribution in [2.45, 2.75) is 62.7 Å². The molecule has 1 spiro atoms. The first kappa shape index (κ1) is 11.9. The number of rotatable bonds is 4. The van der Waals surface area contributed by atoms with Crippen LogP contribution in [0.3, 0.4) is 0 Å². The zero-order chi connectivity index (χ0) is 11.9. The average Bonchev–Trinajstić information content (AvgIpc) is 3.12. The second kappa shape index (κ2) is 4.52. The molecule has 3 heteroatoms. The third-order valence-corrected chi connectivity index (χ3v) is 5.08. The number of methoxy groups -OCH3 is 1. The average molecular weight is 239 g/mol. The summed E-state index contributed by atoms with van der Waals surface area (Å²) in [6.07, 6.45) is 9.01. The molecule has 3 atom stereocenters. The zero-order valence-corrected chi connectivity index (χ0v) is 10.9. The highest BCUT2D eigenvalue weighted by molar-refractivity contribution is 4.99. The van der Waals surface area contributed by atoms with Gasteiger partial charge >= 0.3 is 0 Å². The lowest BCUT2D eigenvalue weighted by atomic mass is 9.69. The Morgan fingerprint density at radius 1 is 1.24 bits per heavy atom. The van der Waals surface area contributed by atoms with Gasteiger partial charge in [-0.2, -0.15) is 0 Å². The van der Waals surface area contributed by atoms with Crippen molar-refractivity contribution in [3.05, 3.63) is 0 Å². The lowest BCUT2D eigenvalue weighted by molar-refractivity contribution is -0.150. The van der Waals surface area contributed by atoms with Gasteiger partial charge in [-0.1, -0.05) is 0 Å². The van der Waals surface area contributed by atoms with Crippen LogP contribution in [0, 0.1) is 11.8 Å². The number of hydrogen-bond donors (Lipinski definition) is 1. The third kappa shape index (κ3) is 2.25. The first-order valence-electron chi connectivity index (χ1n) is 7.16. The summed E-state index contributed by atoms with van der Waals surface area (Å²) in [6, 6.07) is 0.217. The van der Waals surface area contributed by atoms with E-state index >= 15 is 0 Å². The van der Waals surface area contributed by atoms with Crippen LogP contribution >= 0.6 is 0 Å². The molecule has 0 bridgehead atoms. The van der Waals surface area contributed by atoms with E-state index in [-0.39, 0.29) is 17.7 Å². The third-order valence-electron chi connectivity index (χ3n) is 5.08. The summed E-state index contributed by atoms with van der Waals surface area (Å²) in [5, 5.41) is 0. The summed E-state index contributed by atoms with van der Waals surface area (Å²) in [5.74, 6) is 1.34. The van der Waals surface area contributed by atoms with E-state index in [2.05, 4.69) is 0 Å². The maximum atomic E-state index is 6.46. The molecule has 17 heavy (non-hydrogen) atoms. The van der Waals surface area contributed by atoms with E-state index in [1.54, 1.807) is 0 Å². The molecule has 3 unspecified atom stereocenters. The largest absolute Gasteiger partial charge is 0.380 e. The van der Waals surface area contributed by atoms with Crippen molar-refractivity contribution >= 4 is 0 Å². The van der Waals surface area contributed by atoms with Gasteiger partial charge in [0.05, 0.1) is 11.7 Å². The summed E-state index contributed by atoms with van der Waals surface area (Å²) in [5.41, 5.74) is 6.67. The number of hydrogen-bond acceptors (Lipinski definition) is 3. The van der Waals surface area contributed by atoms with Crippen LogP contribution < -0.4 is 5.73 Å². The smallest absolute Gasteiger partial charge is 0.0752 e. The zero-order valence-electron chi connectivity index (χ0n) is 10.9. The molecule has 3 rings (SSSR count). The van der Waals surface area contributed by atoms with Gasteiger partial charge in [0.1, 0.15) is 0 Å². The SMILES string of the molecule is COC(C1CC1)C(N)C1CCOC2(CCC2)C1. The van der Waals surface area contributed by atoms with Crippen molar-refractivity contribution in [1.82, 2.24) is 0 Å². The molecule has 1 aliphatic heterocycles. The molecule has 0 aromatic heterocycles. The molecule has 2 aliphatic carbocycles. The first-order chi connectivity index (χ1) is 8.24. The Labute approximate surface area is 104 Å². The Kier molecular flexibility index (Phi) is 3.18. The molecule has 98 valence electrons. The van der Waals surface area contributed by atoms with Crippen molar-refractivity contribution < 1.29 is 9.47 Å². The van der Waals surface area contributed by atoms with Gasteiger partial charge in [0.25, 0.3) is 0 Å².